The number of hydrogen-bond acceptors (Lipinski definition) is 6. The molecule has 1 heterocycles. The number of aromatic nitrogens is 1. The first kappa shape index (κ1) is 23.5. The number of allylic oxidation sites excluding steroid dienone is 1. The fourth-order valence-corrected chi connectivity index (χ4v) is 4.14. The molecule has 1 aliphatic carbocycles. The van der Waals surface area contributed by atoms with E-state index in [1.54, 1.807) is 25.5 Å². The highest BCUT2D eigenvalue weighted by molar-refractivity contribution is 6.09. The van der Waals surface area contributed by atoms with E-state index in [0.717, 1.165) is 18.4 Å². The number of anilines is 1. The van der Waals surface area contributed by atoms with E-state index in [2.05, 4.69) is 15.6 Å². The van der Waals surface area contributed by atoms with Crippen molar-refractivity contribution in [3.8, 4) is 0 Å². The summed E-state index contributed by atoms with van der Waals surface area (Å²) in [6.07, 6.45) is 10.2. The van der Waals surface area contributed by atoms with Gasteiger partial charge in [-0.15, -0.1) is 0 Å². The molecular weight excluding hydrogens is 402 g/mol. The molecule has 1 amide bonds. The van der Waals surface area contributed by atoms with E-state index >= 15 is 0 Å². The maximum atomic E-state index is 13.2. The number of nitrogens with two attached hydrogens (primary N) is 1. The van der Waals surface area contributed by atoms with Gasteiger partial charge in [-0.05, 0) is 30.4 Å². The molecule has 0 radical (unpaired) electrons. The molecule has 1 unspecified atom stereocenters. The number of carbonyl (C=O) groups excluding carboxylic acids is 1. The average molecular weight is 436 g/mol. The molecule has 7 nitrogen and oxygen atoms in total. The molecular formula is C25H33N5O2. The Morgan fingerprint density at radius 1 is 1.28 bits per heavy atom. The van der Waals surface area contributed by atoms with Gasteiger partial charge in [-0.3, -0.25) is 4.79 Å². The Hall–Kier alpha value is -3.19. The lowest BCUT2D eigenvalue weighted by molar-refractivity contribution is 0.0640. The smallest absolute Gasteiger partial charge is 0.255 e. The topological polar surface area (TPSA) is 113 Å². The Morgan fingerprint density at radius 2 is 2.03 bits per heavy atom. The lowest BCUT2D eigenvalue weighted by Gasteiger charge is -2.31. The molecule has 0 spiro atoms. The second-order valence-corrected chi connectivity index (χ2v) is 8.17. The maximum Gasteiger partial charge on any atom is 0.255 e. The zero-order valence-corrected chi connectivity index (χ0v) is 18.6. The summed E-state index contributed by atoms with van der Waals surface area (Å²) in [5.74, 6) is 0.291. The summed E-state index contributed by atoms with van der Waals surface area (Å²) in [4.78, 5) is 17.4. The van der Waals surface area contributed by atoms with Crippen LogP contribution in [0.4, 0.5) is 5.82 Å². The van der Waals surface area contributed by atoms with E-state index in [0.29, 0.717) is 35.8 Å². The van der Waals surface area contributed by atoms with Crippen LogP contribution >= 0.6 is 0 Å². The molecule has 5 N–H and O–H groups in total. The number of carbonyl (C=O) groups is 1. The van der Waals surface area contributed by atoms with Crippen molar-refractivity contribution >= 4 is 23.5 Å². The van der Waals surface area contributed by atoms with Gasteiger partial charge in [0.15, 0.2) is 0 Å². The number of nitrogens with one attached hydrogen (secondary N) is 3. The van der Waals surface area contributed by atoms with E-state index in [1.165, 1.54) is 25.5 Å². The van der Waals surface area contributed by atoms with Crippen LogP contribution in [0.2, 0.25) is 0 Å². The van der Waals surface area contributed by atoms with Gasteiger partial charge < -0.3 is 26.5 Å². The molecule has 7 heteroatoms. The molecule has 170 valence electrons. The molecule has 0 saturated heterocycles. The Balaban J connectivity index is 1.73. The first-order chi connectivity index (χ1) is 15.6. The van der Waals surface area contributed by atoms with Crippen molar-refractivity contribution in [3.63, 3.8) is 0 Å². The van der Waals surface area contributed by atoms with E-state index in [4.69, 9.17) is 15.9 Å². The highest BCUT2D eigenvalue weighted by Crippen LogP contribution is 2.27. The predicted molar refractivity (Wildman–Crippen MR) is 128 cm³/mol. The largest absolute Gasteiger partial charge is 0.393 e. The van der Waals surface area contributed by atoms with Gasteiger partial charge in [-0.2, -0.15) is 0 Å². The SMILES string of the molecule is CN/C=C(\C=N)c1cnc(N)c(C(=O)NC(COCc2ccccc2)C2CCCCC2)c1. The summed E-state index contributed by atoms with van der Waals surface area (Å²) in [5, 5.41) is 13.7. The number of pyridine rings is 1. The molecule has 1 saturated carbocycles. The van der Waals surface area contributed by atoms with E-state index < -0.39 is 0 Å². The van der Waals surface area contributed by atoms with Crippen molar-refractivity contribution in [1.82, 2.24) is 15.6 Å². The number of hydrogen-bond donors (Lipinski definition) is 4. The highest BCUT2D eigenvalue weighted by Gasteiger charge is 2.26. The third-order valence-electron chi connectivity index (χ3n) is 5.90. The predicted octanol–water partition coefficient (Wildman–Crippen LogP) is 3.77. The van der Waals surface area contributed by atoms with Crippen molar-refractivity contribution in [2.75, 3.05) is 19.4 Å². The first-order valence-electron chi connectivity index (χ1n) is 11.2. The molecule has 0 bridgehead atoms. The van der Waals surface area contributed by atoms with Crippen molar-refractivity contribution in [2.24, 2.45) is 5.92 Å². The van der Waals surface area contributed by atoms with Crippen molar-refractivity contribution in [1.29, 1.82) is 5.41 Å². The first-order valence-corrected chi connectivity index (χ1v) is 11.2. The molecule has 1 fully saturated rings. The van der Waals surface area contributed by atoms with Gasteiger partial charge in [0.2, 0.25) is 0 Å². The molecule has 1 aliphatic rings. The third kappa shape index (κ3) is 6.40. The van der Waals surface area contributed by atoms with Gasteiger partial charge in [0.1, 0.15) is 5.82 Å². The summed E-state index contributed by atoms with van der Waals surface area (Å²) in [5.41, 5.74) is 8.74. The molecule has 1 aromatic carbocycles. The van der Waals surface area contributed by atoms with Crippen LogP contribution in [0.5, 0.6) is 0 Å². The molecule has 2 aromatic rings. The lowest BCUT2D eigenvalue weighted by Crippen LogP contribution is -2.44. The Bertz CT molecular complexity index is 923. The zero-order chi connectivity index (χ0) is 22.8. The summed E-state index contributed by atoms with van der Waals surface area (Å²) in [6, 6.07) is 11.6. The minimum atomic E-state index is -0.260. The summed E-state index contributed by atoms with van der Waals surface area (Å²) in [6.45, 7) is 0.959. The van der Waals surface area contributed by atoms with Crippen molar-refractivity contribution in [2.45, 2.75) is 44.8 Å². The number of rotatable bonds is 10. The van der Waals surface area contributed by atoms with Gasteiger partial charge in [-0.1, -0.05) is 49.6 Å². The summed E-state index contributed by atoms with van der Waals surface area (Å²) < 4.78 is 6.00. The fourth-order valence-electron chi connectivity index (χ4n) is 4.14. The second kappa shape index (κ2) is 12.0. The lowest BCUT2D eigenvalue weighted by atomic mass is 9.84. The third-order valence-corrected chi connectivity index (χ3v) is 5.90. The minimum Gasteiger partial charge on any atom is -0.393 e. The van der Waals surface area contributed by atoms with Crippen molar-refractivity contribution in [3.05, 3.63) is 65.5 Å². The van der Waals surface area contributed by atoms with Crippen LogP contribution in [0.15, 0.2) is 48.8 Å². The van der Waals surface area contributed by atoms with Crippen LogP contribution in [-0.4, -0.2) is 36.8 Å². The maximum absolute atomic E-state index is 13.2. The van der Waals surface area contributed by atoms with E-state index in [1.807, 2.05) is 30.3 Å². The number of amides is 1. The molecule has 1 atom stereocenters. The zero-order valence-electron chi connectivity index (χ0n) is 18.6. The Labute approximate surface area is 190 Å². The van der Waals surface area contributed by atoms with Crippen LogP contribution in [-0.2, 0) is 11.3 Å². The normalized spacial score (nSPS) is 15.7. The van der Waals surface area contributed by atoms with Crippen LogP contribution < -0.4 is 16.4 Å². The highest BCUT2D eigenvalue weighted by atomic mass is 16.5. The minimum absolute atomic E-state index is 0.0929. The van der Waals surface area contributed by atoms with Gasteiger partial charge in [0.05, 0.1) is 24.8 Å². The number of ether oxygens (including phenoxy) is 1. The average Bonchev–Trinajstić information content (AvgIpc) is 2.83. The van der Waals surface area contributed by atoms with Gasteiger partial charge >= 0.3 is 0 Å². The van der Waals surface area contributed by atoms with Gasteiger partial charge in [0.25, 0.3) is 5.91 Å². The molecule has 3 rings (SSSR count). The van der Waals surface area contributed by atoms with Crippen LogP contribution in [0.3, 0.4) is 0 Å². The number of nitrogen functional groups attached to an aromatic ring is 1. The molecule has 32 heavy (non-hydrogen) atoms. The Morgan fingerprint density at radius 3 is 2.72 bits per heavy atom. The number of nitrogens with zero attached hydrogens (tertiary/aromatic N) is 1. The quantitative estimate of drug-likeness (QED) is 0.424. The summed E-state index contributed by atoms with van der Waals surface area (Å²) in [7, 11) is 1.76. The van der Waals surface area contributed by atoms with E-state index in [-0.39, 0.29) is 17.8 Å². The summed E-state index contributed by atoms with van der Waals surface area (Å²) >= 11 is 0. The second-order valence-electron chi connectivity index (χ2n) is 8.17. The van der Waals surface area contributed by atoms with Crippen molar-refractivity contribution < 1.29 is 9.53 Å². The fraction of sp³-hybridized carbons (Fsp3) is 0.400. The molecule has 1 aromatic heterocycles. The molecule has 0 aliphatic heterocycles. The number of benzene rings is 1. The monoisotopic (exact) mass is 435 g/mol. The van der Waals surface area contributed by atoms with Crippen LogP contribution in [0, 0.1) is 11.3 Å². The van der Waals surface area contributed by atoms with Crippen LogP contribution in [0.1, 0.15) is 53.6 Å². The van der Waals surface area contributed by atoms with Gasteiger partial charge in [0, 0.05) is 36.8 Å². The van der Waals surface area contributed by atoms with Crippen LogP contribution in [0.25, 0.3) is 5.57 Å². The Kier molecular flexibility index (Phi) is 8.80. The van der Waals surface area contributed by atoms with E-state index in [9.17, 15) is 4.79 Å². The van der Waals surface area contributed by atoms with Gasteiger partial charge in [-0.25, -0.2) is 4.98 Å². The standard InChI is InChI=1S/C25H33N5O2/c1-28-14-21(13-26)20-12-22(24(27)29-15-20)25(31)30-23(19-10-6-3-7-11-19)17-32-16-18-8-4-2-5-9-18/h2,4-5,8-9,12-15,19,23,26,28H,3,6-7,10-11,16-17H2,1H3,(H2,27,29)(H,30,31)/b21-14+,26-13?.